The molecule has 1 saturated carbocycles. The minimum atomic E-state index is -3.21. The van der Waals surface area contributed by atoms with E-state index in [-0.39, 0.29) is 12.2 Å². The Morgan fingerprint density at radius 1 is 1.75 bits per heavy atom. The molecule has 66 valence electrons. The zero-order valence-electron chi connectivity index (χ0n) is 6.65. The van der Waals surface area contributed by atoms with Crippen LogP contribution in [0.5, 0.6) is 0 Å². The van der Waals surface area contributed by atoms with E-state index in [1.54, 1.807) is 6.07 Å². The summed E-state index contributed by atoms with van der Waals surface area (Å²) in [6.45, 7) is 1.51. The Hall–Kier alpha value is -0.890. The number of nitrogens with zero attached hydrogens (tertiary/aromatic N) is 1. The lowest BCUT2D eigenvalue weighted by atomic mass is 10.2. The average Bonchev–Trinajstić information content (AvgIpc) is 2.80. The van der Waals surface area contributed by atoms with Gasteiger partial charge in [0, 0.05) is 5.75 Å². The zero-order chi connectivity index (χ0) is 9.41. The number of hydrogen-bond acceptors (Lipinski definition) is 4. The predicted molar refractivity (Wildman–Crippen MR) is 42.0 cm³/mol. The second-order valence-electron chi connectivity index (χ2n) is 2.91. The van der Waals surface area contributed by atoms with E-state index in [4.69, 9.17) is 5.26 Å². The molecule has 0 aliphatic heterocycles. The minimum Gasteiger partial charge on any atom is -0.302 e. The van der Waals surface area contributed by atoms with Gasteiger partial charge in [0.05, 0.1) is 11.3 Å². The molecule has 0 saturated heterocycles. The summed E-state index contributed by atoms with van der Waals surface area (Å²) in [5.74, 6) is -0.00502. The first-order chi connectivity index (χ1) is 5.52. The van der Waals surface area contributed by atoms with E-state index in [9.17, 15) is 13.2 Å². The van der Waals surface area contributed by atoms with Gasteiger partial charge < -0.3 is 4.79 Å². The third-order valence-corrected chi connectivity index (χ3v) is 4.45. The number of sulfone groups is 1. The maximum atomic E-state index is 11.2. The summed E-state index contributed by atoms with van der Waals surface area (Å²) in [6.07, 6.45) is 0.619. The fourth-order valence-corrected chi connectivity index (χ4v) is 2.85. The van der Waals surface area contributed by atoms with E-state index in [1.807, 2.05) is 0 Å². The Morgan fingerprint density at radius 3 is 2.58 bits per heavy atom. The lowest BCUT2D eigenvalue weighted by Crippen LogP contribution is -2.17. The van der Waals surface area contributed by atoms with E-state index in [1.165, 1.54) is 6.92 Å². The van der Waals surface area contributed by atoms with Gasteiger partial charge in [-0.05, 0) is 6.42 Å². The molecule has 0 unspecified atom stereocenters. The molecule has 12 heavy (non-hydrogen) atoms. The highest BCUT2D eigenvalue weighted by Gasteiger charge is 2.61. The molecule has 0 amide bonds. The molecule has 0 heterocycles. The van der Waals surface area contributed by atoms with Gasteiger partial charge in [0.2, 0.25) is 0 Å². The van der Waals surface area contributed by atoms with Crippen LogP contribution in [0.25, 0.3) is 0 Å². The molecule has 0 aromatic rings. The largest absolute Gasteiger partial charge is 0.302 e. The monoisotopic (exact) mass is 187 g/mol. The highest BCUT2D eigenvalue weighted by atomic mass is 32.2. The van der Waals surface area contributed by atoms with Gasteiger partial charge in [-0.3, -0.25) is 0 Å². The quantitative estimate of drug-likeness (QED) is 0.578. The standard InChI is InChI=1S/C7H9NO3S/c1-2-12(10,11)6-3-7(6,4-8)5-9/h5-6H,2-3H2,1H3/t6-,7-/m0/s1. The van der Waals surface area contributed by atoms with E-state index >= 15 is 0 Å². The second kappa shape index (κ2) is 2.56. The first-order valence-corrected chi connectivity index (χ1v) is 5.33. The molecule has 0 bridgehead atoms. The highest BCUT2D eigenvalue weighted by Crippen LogP contribution is 2.48. The van der Waals surface area contributed by atoms with Crippen LogP contribution >= 0.6 is 0 Å². The lowest BCUT2D eigenvalue weighted by molar-refractivity contribution is -0.110. The molecule has 0 spiro atoms. The van der Waals surface area contributed by atoms with Gasteiger partial charge in [0.15, 0.2) is 9.84 Å². The Morgan fingerprint density at radius 2 is 2.33 bits per heavy atom. The molecule has 0 aromatic heterocycles. The maximum Gasteiger partial charge on any atom is 0.154 e. The second-order valence-corrected chi connectivity index (χ2v) is 5.39. The van der Waals surface area contributed by atoms with E-state index in [2.05, 4.69) is 0 Å². The van der Waals surface area contributed by atoms with Crippen molar-refractivity contribution in [1.82, 2.24) is 0 Å². The molecule has 0 aromatic carbocycles. The molecule has 0 N–H and O–H groups in total. The van der Waals surface area contributed by atoms with Crippen molar-refractivity contribution in [1.29, 1.82) is 5.26 Å². The topological polar surface area (TPSA) is 75.0 Å². The van der Waals surface area contributed by atoms with Gasteiger partial charge in [0.25, 0.3) is 0 Å². The van der Waals surface area contributed by atoms with Crippen LogP contribution in [0.4, 0.5) is 0 Å². The number of carbonyl (C=O) groups is 1. The van der Waals surface area contributed by atoms with Crippen LogP contribution in [-0.4, -0.2) is 25.7 Å². The first-order valence-electron chi connectivity index (χ1n) is 3.61. The minimum absolute atomic E-state index is 0.00502. The van der Waals surface area contributed by atoms with Crippen LogP contribution in [0.3, 0.4) is 0 Å². The summed E-state index contributed by atoms with van der Waals surface area (Å²) < 4.78 is 22.4. The number of carbonyl (C=O) groups excluding carboxylic acids is 1. The molecular formula is C7H9NO3S. The summed E-state index contributed by atoms with van der Waals surface area (Å²) in [5.41, 5.74) is -1.23. The number of rotatable bonds is 3. The van der Waals surface area contributed by atoms with Crippen molar-refractivity contribution in [2.24, 2.45) is 5.41 Å². The number of aldehydes is 1. The van der Waals surface area contributed by atoms with Crippen molar-refractivity contribution in [3.05, 3.63) is 0 Å². The van der Waals surface area contributed by atoms with Crippen LogP contribution < -0.4 is 0 Å². The molecule has 1 aliphatic rings. The van der Waals surface area contributed by atoms with Crippen LogP contribution in [-0.2, 0) is 14.6 Å². The highest BCUT2D eigenvalue weighted by molar-refractivity contribution is 7.92. The van der Waals surface area contributed by atoms with Crippen LogP contribution in [0.2, 0.25) is 0 Å². The first kappa shape index (κ1) is 9.20. The molecule has 1 fully saturated rings. The summed E-state index contributed by atoms with van der Waals surface area (Å²) in [6, 6.07) is 1.75. The molecule has 2 atom stereocenters. The normalized spacial score (nSPS) is 33.8. The Balaban J connectivity index is 2.90. The van der Waals surface area contributed by atoms with Crippen molar-refractivity contribution in [2.75, 3.05) is 5.75 Å². The molecule has 4 nitrogen and oxygen atoms in total. The van der Waals surface area contributed by atoms with Gasteiger partial charge in [-0.15, -0.1) is 0 Å². The van der Waals surface area contributed by atoms with Crippen molar-refractivity contribution >= 4 is 16.1 Å². The van der Waals surface area contributed by atoms with Crippen molar-refractivity contribution in [3.8, 4) is 6.07 Å². The third kappa shape index (κ3) is 1.12. The fourth-order valence-electron chi connectivity index (χ4n) is 1.16. The molecule has 1 rings (SSSR count). The summed E-state index contributed by atoms with van der Waals surface area (Å²) in [4.78, 5) is 10.4. The molecule has 5 heteroatoms. The SMILES string of the molecule is CCS(=O)(=O)[C@H]1C[C@]1(C#N)C=O. The van der Waals surface area contributed by atoms with Crippen LogP contribution in [0, 0.1) is 16.7 Å². The van der Waals surface area contributed by atoms with Crippen LogP contribution in [0.15, 0.2) is 0 Å². The van der Waals surface area contributed by atoms with E-state index in [0.29, 0.717) is 6.29 Å². The molecule has 0 radical (unpaired) electrons. The predicted octanol–water partition coefficient (Wildman–Crippen LogP) is -0.0977. The Bertz CT molecular complexity index is 340. The van der Waals surface area contributed by atoms with Crippen LogP contribution in [0.1, 0.15) is 13.3 Å². The Labute approximate surface area is 71.1 Å². The van der Waals surface area contributed by atoms with Gasteiger partial charge in [-0.25, -0.2) is 8.42 Å². The van der Waals surface area contributed by atoms with Crippen molar-refractivity contribution in [3.63, 3.8) is 0 Å². The summed E-state index contributed by atoms with van der Waals surface area (Å²) in [7, 11) is -3.21. The smallest absolute Gasteiger partial charge is 0.154 e. The number of nitriles is 1. The van der Waals surface area contributed by atoms with Crippen molar-refractivity contribution in [2.45, 2.75) is 18.6 Å². The van der Waals surface area contributed by atoms with Gasteiger partial charge in [-0.1, -0.05) is 6.92 Å². The van der Waals surface area contributed by atoms with Gasteiger partial charge in [0.1, 0.15) is 11.7 Å². The van der Waals surface area contributed by atoms with Crippen molar-refractivity contribution < 1.29 is 13.2 Å². The van der Waals surface area contributed by atoms with E-state index in [0.717, 1.165) is 0 Å². The van der Waals surface area contributed by atoms with Gasteiger partial charge in [-0.2, -0.15) is 5.26 Å². The summed E-state index contributed by atoms with van der Waals surface area (Å²) >= 11 is 0. The lowest BCUT2D eigenvalue weighted by Gasteiger charge is -1.98. The Kier molecular flexibility index (Phi) is 1.96. The fraction of sp³-hybridized carbons (Fsp3) is 0.714. The maximum absolute atomic E-state index is 11.2. The van der Waals surface area contributed by atoms with Gasteiger partial charge >= 0.3 is 0 Å². The number of hydrogen-bond donors (Lipinski definition) is 0. The average molecular weight is 187 g/mol. The van der Waals surface area contributed by atoms with E-state index < -0.39 is 20.5 Å². The molecular weight excluding hydrogens is 178 g/mol. The third-order valence-electron chi connectivity index (χ3n) is 2.19. The summed E-state index contributed by atoms with van der Waals surface area (Å²) in [5, 5.41) is 7.79. The zero-order valence-corrected chi connectivity index (χ0v) is 7.47. The molecule has 1 aliphatic carbocycles.